The van der Waals surface area contributed by atoms with Crippen LogP contribution in [-0.4, -0.2) is 47.1 Å². The van der Waals surface area contributed by atoms with Crippen LogP contribution in [0.4, 0.5) is 0 Å². The van der Waals surface area contributed by atoms with E-state index in [9.17, 15) is 14.7 Å². The van der Waals surface area contributed by atoms with Crippen LogP contribution >= 0.6 is 0 Å². The lowest BCUT2D eigenvalue weighted by molar-refractivity contribution is -0.523. The predicted octanol–water partition coefficient (Wildman–Crippen LogP) is 2.55. The van der Waals surface area contributed by atoms with E-state index in [0.29, 0.717) is 24.0 Å². The molecule has 1 N–H and O–H groups in total. The van der Waals surface area contributed by atoms with Crippen molar-refractivity contribution >= 4 is 11.6 Å². The molecular formula is C24H30O6. The largest absolute Gasteiger partial charge is 0.387 e. The normalized spacial score (nSPS) is 54.8. The highest BCUT2D eigenvalue weighted by atomic mass is 16.8. The summed E-state index contributed by atoms with van der Waals surface area (Å²) in [5.74, 6) is -3.67. The first-order valence-corrected chi connectivity index (χ1v) is 11.0. The minimum absolute atomic E-state index is 0.0640. The third-order valence-corrected chi connectivity index (χ3v) is 9.29. The number of fused-ring (bicyclic) bond motifs is 1. The van der Waals surface area contributed by atoms with E-state index in [2.05, 4.69) is 27.0 Å². The fourth-order valence-electron chi connectivity index (χ4n) is 8.77. The molecule has 4 saturated carbocycles. The van der Waals surface area contributed by atoms with Crippen LogP contribution in [0, 0.1) is 34.0 Å². The molecule has 0 aromatic carbocycles. The zero-order valence-electron chi connectivity index (χ0n) is 18.1. The number of rotatable bonds is 0. The monoisotopic (exact) mass is 414 g/mol. The summed E-state index contributed by atoms with van der Waals surface area (Å²) in [4.78, 5) is 27.8. The molecule has 30 heavy (non-hydrogen) atoms. The number of aliphatic hydroxyl groups excluding tert-OH is 1. The van der Waals surface area contributed by atoms with Gasteiger partial charge >= 0.3 is 0 Å². The minimum atomic E-state index is -1.54. The van der Waals surface area contributed by atoms with E-state index >= 15 is 0 Å². The molecule has 3 aliphatic heterocycles. The van der Waals surface area contributed by atoms with Crippen LogP contribution in [0.1, 0.15) is 47.0 Å². The van der Waals surface area contributed by atoms with Crippen molar-refractivity contribution in [1.29, 1.82) is 0 Å². The fourth-order valence-corrected chi connectivity index (χ4v) is 8.77. The standard InChI is InChI=1S/C24H30O6/c1-11-9-20(3,4)15-18(27)24-23-14(22(15,10-28-24)16(11)25)8-7-13(12(2)17(23)26)19(23)29-21(5,6)30-24/h13-15,18-19,27H,1-2,7-10H2,3-6H3/t13-,14-,15+,18-,19+,22-,23-,24-/m0/s1. The van der Waals surface area contributed by atoms with Crippen molar-refractivity contribution in [3.63, 3.8) is 0 Å². The number of hydrogen-bond acceptors (Lipinski definition) is 6. The summed E-state index contributed by atoms with van der Waals surface area (Å²) in [6.45, 7) is 16.1. The van der Waals surface area contributed by atoms with E-state index in [4.69, 9.17) is 14.2 Å². The topological polar surface area (TPSA) is 82.1 Å². The molecule has 0 radical (unpaired) electrons. The maximum Gasteiger partial charge on any atom is 0.213 e. The van der Waals surface area contributed by atoms with Crippen molar-refractivity contribution in [3.05, 3.63) is 24.3 Å². The highest BCUT2D eigenvalue weighted by Gasteiger charge is 2.90. The van der Waals surface area contributed by atoms with Gasteiger partial charge in [0.1, 0.15) is 11.5 Å². The van der Waals surface area contributed by atoms with Crippen LogP contribution in [0.15, 0.2) is 24.3 Å². The summed E-state index contributed by atoms with van der Waals surface area (Å²) < 4.78 is 19.2. The third-order valence-electron chi connectivity index (χ3n) is 9.29. The average Bonchev–Trinajstić information content (AvgIpc) is 2.76. The molecule has 3 saturated heterocycles. The summed E-state index contributed by atoms with van der Waals surface area (Å²) in [6.07, 6.45) is 0.284. The highest BCUT2D eigenvalue weighted by Crippen LogP contribution is 2.78. The smallest absolute Gasteiger partial charge is 0.213 e. The van der Waals surface area contributed by atoms with Gasteiger partial charge in [0.15, 0.2) is 17.4 Å². The Hall–Kier alpha value is -1.34. The number of allylic oxidation sites excluding steroid dienone is 1. The quantitative estimate of drug-likeness (QED) is 0.614. The van der Waals surface area contributed by atoms with Crippen molar-refractivity contribution in [2.45, 2.75) is 70.7 Å². The van der Waals surface area contributed by atoms with Crippen LogP contribution in [0.5, 0.6) is 0 Å². The molecule has 0 aromatic rings. The lowest BCUT2D eigenvalue weighted by atomic mass is 9.35. The van der Waals surface area contributed by atoms with E-state index in [1.165, 1.54) is 0 Å². The van der Waals surface area contributed by atoms with Gasteiger partial charge in [0, 0.05) is 11.8 Å². The Morgan fingerprint density at radius 2 is 1.77 bits per heavy atom. The average molecular weight is 414 g/mol. The van der Waals surface area contributed by atoms with Crippen molar-refractivity contribution in [2.24, 2.45) is 34.0 Å². The molecule has 7 aliphatic rings. The molecule has 4 aliphatic carbocycles. The van der Waals surface area contributed by atoms with Gasteiger partial charge in [0.05, 0.1) is 18.1 Å². The zero-order chi connectivity index (χ0) is 21.6. The summed E-state index contributed by atoms with van der Waals surface area (Å²) in [5.41, 5.74) is -1.57. The zero-order valence-corrected chi connectivity index (χ0v) is 18.1. The Morgan fingerprint density at radius 3 is 2.47 bits per heavy atom. The van der Waals surface area contributed by atoms with Gasteiger partial charge < -0.3 is 19.3 Å². The maximum atomic E-state index is 13.9. The van der Waals surface area contributed by atoms with Crippen molar-refractivity contribution in [2.75, 3.05) is 6.61 Å². The second-order valence-electron chi connectivity index (χ2n) is 11.5. The van der Waals surface area contributed by atoms with Gasteiger partial charge in [0.2, 0.25) is 5.79 Å². The fraction of sp³-hybridized carbons (Fsp3) is 0.750. The summed E-state index contributed by atoms with van der Waals surface area (Å²) in [5, 5.41) is 12.0. The number of carbonyl (C=O) groups is 2. The second-order valence-corrected chi connectivity index (χ2v) is 11.5. The van der Waals surface area contributed by atoms with Gasteiger partial charge in [-0.05, 0) is 55.6 Å². The lowest BCUT2D eigenvalue weighted by Gasteiger charge is -2.76. The molecule has 162 valence electrons. The molecule has 4 bridgehead atoms. The summed E-state index contributed by atoms with van der Waals surface area (Å²) in [6, 6.07) is 0. The number of aliphatic hydroxyl groups is 1. The van der Waals surface area contributed by atoms with Crippen LogP contribution < -0.4 is 0 Å². The highest BCUT2D eigenvalue weighted by molar-refractivity contribution is 6.08. The number of Topliss-reactive ketones (excluding diaryl/α,β-unsaturated/α-hetero) is 2. The second kappa shape index (κ2) is 5.01. The number of ketones is 2. The van der Waals surface area contributed by atoms with Crippen molar-refractivity contribution < 1.29 is 28.9 Å². The van der Waals surface area contributed by atoms with Crippen LogP contribution in [0.2, 0.25) is 0 Å². The predicted molar refractivity (Wildman–Crippen MR) is 106 cm³/mol. The van der Waals surface area contributed by atoms with Gasteiger partial charge in [0.25, 0.3) is 0 Å². The Bertz CT molecular complexity index is 947. The molecule has 0 unspecified atom stereocenters. The van der Waals surface area contributed by atoms with E-state index < -0.39 is 34.6 Å². The molecule has 3 heterocycles. The van der Waals surface area contributed by atoms with Gasteiger partial charge in [-0.15, -0.1) is 0 Å². The Balaban J connectivity index is 1.70. The third kappa shape index (κ3) is 1.63. The molecule has 6 nitrogen and oxygen atoms in total. The minimum Gasteiger partial charge on any atom is -0.387 e. The van der Waals surface area contributed by atoms with Crippen LogP contribution in [-0.2, 0) is 23.8 Å². The Morgan fingerprint density at radius 1 is 1.07 bits per heavy atom. The summed E-state index contributed by atoms with van der Waals surface area (Å²) >= 11 is 0. The molecule has 0 amide bonds. The van der Waals surface area contributed by atoms with Crippen LogP contribution in [0.3, 0.4) is 0 Å². The van der Waals surface area contributed by atoms with Gasteiger partial charge in [-0.3, -0.25) is 9.59 Å². The van der Waals surface area contributed by atoms with Gasteiger partial charge in [-0.2, -0.15) is 0 Å². The number of ether oxygens (including phenoxy) is 3. The first kappa shape index (κ1) is 19.4. The molecular weight excluding hydrogens is 384 g/mol. The lowest BCUT2D eigenvalue weighted by Crippen LogP contribution is -2.88. The van der Waals surface area contributed by atoms with Crippen molar-refractivity contribution in [3.8, 4) is 0 Å². The number of hydrogen-bond donors (Lipinski definition) is 1. The first-order valence-electron chi connectivity index (χ1n) is 11.0. The number of carbonyl (C=O) groups excluding carboxylic acids is 2. The molecule has 3 spiro atoms. The SMILES string of the molecule is C=C1CC(C)(C)[C@H]2[C@H](O)[C@@]34OC[C@]2(C1=O)[C@@H]1CC[C@H]2C(=C)C(=O)[C@]13[C@@H]2OC(C)(C)O4. The molecule has 7 rings (SSSR count). The van der Waals surface area contributed by atoms with E-state index in [0.717, 1.165) is 6.42 Å². The van der Waals surface area contributed by atoms with Crippen LogP contribution in [0.25, 0.3) is 0 Å². The Labute approximate surface area is 176 Å². The van der Waals surface area contributed by atoms with E-state index in [1.54, 1.807) is 13.8 Å². The maximum absolute atomic E-state index is 13.9. The molecule has 7 fully saturated rings. The molecule has 0 aromatic heterocycles. The molecule has 6 heteroatoms. The van der Waals surface area contributed by atoms with Gasteiger partial charge in [-0.1, -0.05) is 27.0 Å². The first-order chi connectivity index (χ1) is 13.9. The molecule has 8 atom stereocenters. The van der Waals surface area contributed by atoms with Crippen molar-refractivity contribution in [1.82, 2.24) is 0 Å². The Kier molecular flexibility index (Phi) is 3.23. The van der Waals surface area contributed by atoms with Gasteiger partial charge in [-0.25, -0.2) is 0 Å². The van der Waals surface area contributed by atoms with E-state index in [1.807, 2.05) is 0 Å². The van der Waals surface area contributed by atoms with E-state index in [-0.39, 0.29) is 41.3 Å². The summed E-state index contributed by atoms with van der Waals surface area (Å²) in [7, 11) is 0.